The number of benzene rings is 1. The molecule has 88 valence electrons. The van der Waals surface area contributed by atoms with E-state index in [4.69, 9.17) is 0 Å². The van der Waals surface area contributed by atoms with Gasteiger partial charge in [-0.3, -0.25) is 4.79 Å². The number of aliphatic imine (C=N–C) groups is 1. The van der Waals surface area contributed by atoms with Crippen LogP contribution in [-0.4, -0.2) is 11.6 Å². The number of carbonyl (C=O) groups excluding carboxylic acids is 1. The fourth-order valence-corrected chi connectivity index (χ4v) is 1.88. The van der Waals surface area contributed by atoms with Crippen LogP contribution in [-0.2, 0) is 10.2 Å². The first kappa shape index (κ1) is 11.8. The monoisotopic (exact) mass is 227 g/mol. The molecule has 0 bridgehead atoms. The van der Waals surface area contributed by atoms with Gasteiger partial charge in [-0.25, -0.2) is 4.99 Å². The van der Waals surface area contributed by atoms with Gasteiger partial charge in [0.25, 0.3) is 5.91 Å². The van der Waals surface area contributed by atoms with Crippen LogP contribution < -0.4 is 0 Å². The highest BCUT2D eigenvalue weighted by molar-refractivity contribution is 6.01. The van der Waals surface area contributed by atoms with E-state index >= 15 is 0 Å². The number of amides is 1. The molecule has 0 fully saturated rings. The van der Waals surface area contributed by atoms with Crippen LogP contribution in [0.4, 0.5) is 0 Å². The van der Waals surface area contributed by atoms with Crippen molar-refractivity contribution >= 4 is 11.6 Å². The van der Waals surface area contributed by atoms with Crippen LogP contribution in [0, 0.1) is 0 Å². The van der Waals surface area contributed by atoms with E-state index < -0.39 is 5.41 Å². The van der Waals surface area contributed by atoms with Crippen molar-refractivity contribution in [3.8, 4) is 0 Å². The molecule has 0 saturated heterocycles. The highest BCUT2D eigenvalue weighted by atomic mass is 16.1. The van der Waals surface area contributed by atoms with E-state index in [9.17, 15) is 4.79 Å². The molecule has 2 nitrogen and oxygen atoms in total. The molecule has 0 unspecified atom stereocenters. The number of allylic oxidation sites excluding steroid dienone is 2. The van der Waals surface area contributed by atoms with Crippen LogP contribution in [0.25, 0.3) is 0 Å². The lowest BCUT2D eigenvalue weighted by Gasteiger charge is -2.21. The van der Waals surface area contributed by atoms with Crippen LogP contribution in [0.15, 0.2) is 47.5 Å². The molecule has 1 aliphatic rings. The smallest absolute Gasteiger partial charge is 0.255 e. The summed E-state index contributed by atoms with van der Waals surface area (Å²) in [5, 5.41) is 0. The van der Waals surface area contributed by atoms with Crippen molar-refractivity contribution in [1.29, 1.82) is 0 Å². The van der Waals surface area contributed by atoms with Crippen molar-refractivity contribution in [3.05, 3.63) is 48.0 Å². The third-order valence-electron chi connectivity index (χ3n) is 3.16. The zero-order chi connectivity index (χ0) is 12.3. The minimum atomic E-state index is -0.545. The van der Waals surface area contributed by atoms with Crippen LogP contribution in [0.2, 0.25) is 0 Å². The molecule has 0 atom stereocenters. The van der Waals surface area contributed by atoms with Gasteiger partial charge in [-0.15, -0.1) is 0 Å². The van der Waals surface area contributed by atoms with Gasteiger partial charge in [-0.1, -0.05) is 42.5 Å². The van der Waals surface area contributed by atoms with Gasteiger partial charge in [0.1, 0.15) is 0 Å². The lowest BCUT2D eigenvalue weighted by molar-refractivity contribution is -0.122. The van der Waals surface area contributed by atoms with Gasteiger partial charge in [-0.2, -0.15) is 0 Å². The molecule has 17 heavy (non-hydrogen) atoms. The highest BCUT2D eigenvalue weighted by Crippen LogP contribution is 2.25. The first-order valence-electron chi connectivity index (χ1n) is 5.92. The van der Waals surface area contributed by atoms with Gasteiger partial charge >= 0.3 is 0 Å². The molecule has 1 amide bonds. The third kappa shape index (κ3) is 2.52. The number of hydrogen-bond acceptors (Lipinski definition) is 1. The molecular formula is C15H17NO. The molecule has 0 heterocycles. The fraction of sp³-hybridized carbons (Fsp3) is 0.333. The van der Waals surface area contributed by atoms with Crippen molar-refractivity contribution in [2.24, 2.45) is 4.99 Å². The van der Waals surface area contributed by atoms with Crippen LogP contribution >= 0.6 is 0 Å². The van der Waals surface area contributed by atoms with Crippen molar-refractivity contribution in [2.45, 2.75) is 32.1 Å². The minimum Gasteiger partial charge on any atom is -0.272 e. The second kappa shape index (κ2) is 4.66. The summed E-state index contributed by atoms with van der Waals surface area (Å²) in [5.74, 6) is -0.0533. The summed E-state index contributed by atoms with van der Waals surface area (Å²) in [6, 6.07) is 9.82. The molecule has 1 aromatic carbocycles. The number of carbonyl (C=O) groups is 1. The SMILES string of the molecule is CC(C)(C(=O)N=C1CC=CC1)c1ccccc1. The standard InChI is InChI=1S/C15H17NO/c1-15(2,12-8-4-3-5-9-12)14(17)16-13-10-6-7-11-13/h3-9H,10-11H2,1-2H3. The molecule has 0 aromatic heterocycles. The van der Waals surface area contributed by atoms with Crippen LogP contribution in [0.5, 0.6) is 0 Å². The van der Waals surface area contributed by atoms with Gasteiger partial charge in [0.05, 0.1) is 5.41 Å². The molecule has 1 aliphatic carbocycles. The van der Waals surface area contributed by atoms with Gasteiger partial charge in [0, 0.05) is 18.6 Å². The van der Waals surface area contributed by atoms with Crippen molar-refractivity contribution in [3.63, 3.8) is 0 Å². The quantitative estimate of drug-likeness (QED) is 0.713. The summed E-state index contributed by atoms with van der Waals surface area (Å²) >= 11 is 0. The highest BCUT2D eigenvalue weighted by Gasteiger charge is 2.29. The van der Waals surface area contributed by atoms with Gasteiger partial charge < -0.3 is 0 Å². The number of nitrogens with zero attached hydrogens (tertiary/aromatic N) is 1. The van der Waals surface area contributed by atoms with E-state index in [0.717, 1.165) is 24.1 Å². The van der Waals surface area contributed by atoms with E-state index in [-0.39, 0.29) is 5.91 Å². The summed E-state index contributed by atoms with van der Waals surface area (Å²) in [6.45, 7) is 3.86. The zero-order valence-corrected chi connectivity index (χ0v) is 10.3. The van der Waals surface area contributed by atoms with E-state index in [1.54, 1.807) is 0 Å². The van der Waals surface area contributed by atoms with E-state index in [0.29, 0.717) is 0 Å². The molecule has 1 aromatic rings. The Morgan fingerprint density at radius 2 is 1.71 bits per heavy atom. The largest absolute Gasteiger partial charge is 0.272 e. The number of rotatable bonds is 2. The lowest BCUT2D eigenvalue weighted by Crippen LogP contribution is -2.28. The average molecular weight is 227 g/mol. The van der Waals surface area contributed by atoms with Gasteiger partial charge in [-0.05, 0) is 19.4 Å². The van der Waals surface area contributed by atoms with E-state index in [1.807, 2.05) is 44.2 Å². The maximum atomic E-state index is 12.2. The lowest BCUT2D eigenvalue weighted by atomic mass is 9.84. The van der Waals surface area contributed by atoms with Crippen LogP contribution in [0.1, 0.15) is 32.3 Å². The Labute approximate surface area is 102 Å². The van der Waals surface area contributed by atoms with E-state index in [1.165, 1.54) is 0 Å². The molecule has 0 aliphatic heterocycles. The Hall–Kier alpha value is -1.70. The predicted molar refractivity (Wildman–Crippen MR) is 70.3 cm³/mol. The van der Waals surface area contributed by atoms with E-state index in [2.05, 4.69) is 17.1 Å². The topological polar surface area (TPSA) is 29.4 Å². The molecule has 2 heteroatoms. The molecule has 0 saturated carbocycles. The Balaban J connectivity index is 2.21. The molecule has 0 N–H and O–H groups in total. The third-order valence-corrected chi connectivity index (χ3v) is 3.16. The zero-order valence-electron chi connectivity index (χ0n) is 10.3. The maximum Gasteiger partial charge on any atom is 0.255 e. The fourth-order valence-electron chi connectivity index (χ4n) is 1.88. The second-order valence-electron chi connectivity index (χ2n) is 4.85. The number of hydrogen-bond donors (Lipinski definition) is 0. The minimum absolute atomic E-state index is 0.0533. The van der Waals surface area contributed by atoms with Crippen LogP contribution in [0.3, 0.4) is 0 Å². The molecule has 2 rings (SSSR count). The Bertz CT molecular complexity index is 459. The normalized spacial score (nSPS) is 15.1. The molecule has 0 spiro atoms. The summed E-state index contributed by atoms with van der Waals surface area (Å²) in [7, 11) is 0. The van der Waals surface area contributed by atoms with Gasteiger partial charge in [0.2, 0.25) is 0 Å². The summed E-state index contributed by atoms with van der Waals surface area (Å²) in [4.78, 5) is 16.4. The Kier molecular flexibility index (Phi) is 3.23. The molecular weight excluding hydrogens is 210 g/mol. The van der Waals surface area contributed by atoms with Crippen molar-refractivity contribution < 1.29 is 4.79 Å². The summed E-state index contributed by atoms with van der Waals surface area (Å²) in [6.07, 6.45) is 5.75. The average Bonchev–Trinajstić information content (AvgIpc) is 2.83. The predicted octanol–water partition coefficient (Wildman–Crippen LogP) is 3.28. The molecule has 0 radical (unpaired) electrons. The van der Waals surface area contributed by atoms with Crippen molar-refractivity contribution in [1.82, 2.24) is 0 Å². The van der Waals surface area contributed by atoms with Crippen molar-refractivity contribution in [2.75, 3.05) is 0 Å². The second-order valence-corrected chi connectivity index (χ2v) is 4.85. The first-order valence-corrected chi connectivity index (χ1v) is 5.92. The Morgan fingerprint density at radius 3 is 2.29 bits per heavy atom. The first-order chi connectivity index (χ1) is 8.10. The Morgan fingerprint density at radius 1 is 1.12 bits per heavy atom. The van der Waals surface area contributed by atoms with Gasteiger partial charge in [0.15, 0.2) is 0 Å². The summed E-state index contributed by atoms with van der Waals surface area (Å²) in [5.41, 5.74) is 1.44. The summed E-state index contributed by atoms with van der Waals surface area (Å²) < 4.78 is 0. The maximum absolute atomic E-state index is 12.2.